The van der Waals surface area contributed by atoms with Gasteiger partial charge < -0.3 is 5.32 Å². The Balaban J connectivity index is 0.00000128. The van der Waals surface area contributed by atoms with E-state index < -0.39 is 0 Å². The van der Waals surface area contributed by atoms with Gasteiger partial charge in [0.05, 0.1) is 10.7 Å². The molecule has 0 aliphatic carbocycles. The maximum Gasteiger partial charge on any atom is 0.0926 e. The van der Waals surface area contributed by atoms with Crippen LogP contribution >= 0.6 is 23.7 Å². The number of hydrogen-bond donors (Lipinski definition) is 1. The van der Waals surface area contributed by atoms with Gasteiger partial charge in [0.15, 0.2) is 0 Å². The number of rotatable bonds is 3. The van der Waals surface area contributed by atoms with Gasteiger partial charge in [-0.3, -0.25) is 4.90 Å². The Morgan fingerprint density at radius 2 is 2.44 bits per heavy atom. The van der Waals surface area contributed by atoms with Gasteiger partial charge in [-0.15, -0.1) is 23.7 Å². The molecule has 0 unspecified atom stereocenters. The van der Waals surface area contributed by atoms with E-state index in [4.69, 9.17) is 0 Å². The predicted molar refractivity (Wildman–Crippen MR) is 71.5 cm³/mol. The minimum absolute atomic E-state index is 0. The Labute approximate surface area is 108 Å². The maximum absolute atomic E-state index is 4.61. The van der Waals surface area contributed by atoms with Crippen molar-refractivity contribution in [2.45, 2.75) is 32.9 Å². The molecule has 2 rings (SSSR count). The van der Waals surface area contributed by atoms with Crippen LogP contribution in [0.1, 0.15) is 24.5 Å². The highest BCUT2D eigenvalue weighted by Crippen LogP contribution is 2.14. The third-order valence-corrected chi connectivity index (χ3v) is 3.95. The summed E-state index contributed by atoms with van der Waals surface area (Å²) < 4.78 is 0. The Morgan fingerprint density at radius 3 is 3.06 bits per heavy atom. The summed E-state index contributed by atoms with van der Waals surface area (Å²) in [5.74, 6) is 0. The van der Waals surface area contributed by atoms with Crippen LogP contribution in [-0.4, -0.2) is 35.6 Å². The molecule has 0 saturated carbocycles. The molecular weight excluding hydrogens is 242 g/mol. The maximum atomic E-state index is 4.61. The van der Waals surface area contributed by atoms with Crippen molar-refractivity contribution in [2.24, 2.45) is 0 Å². The fourth-order valence-corrected chi connectivity index (χ4v) is 2.65. The van der Waals surface area contributed by atoms with Gasteiger partial charge in [-0.2, -0.15) is 0 Å². The third kappa shape index (κ3) is 3.42. The highest BCUT2D eigenvalue weighted by molar-refractivity contribution is 7.09. The lowest BCUT2D eigenvalue weighted by molar-refractivity contribution is 0.164. The predicted octanol–water partition coefficient (Wildman–Crippen LogP) is 1.92. The van der Waals surface area contributed by atoms with E-state index in [0.29, 0.717) is 6.04 Å². The molecule has 1 saturated heterocycles. The van der Waals surface area contributed by atoms with Crippen molar-refractivity contribution < 1.29 is 0 Å². The van der Waals surface area contributed by atoms with Gasteiger partial charge >= 0.3 is 0 Å². The smallest absolute Gasteiger partial charge is 0.0926 e. The lowest BCUT2D eigenvalue weighted by Gasteiger charge is -2.33. The van der Waals surface area contributed by atoms with E-state index in [1.807, 2.05) is 0 Å². The molecule has 0 bridgehead atoms. The molecule has 1 fully saturated rings. The summed E-state index contributed by atoms with van der Waals surface area (Å²) >= 11 is 1.79. The molecule has 92 valence electrons. The minimum atomic E-state index is 0. The number of halogens is 1. The molecule has 1 N–H and O–H groups in total. The van der Waals surface area contributed by atoms with Crippen LogP contribution in [0.3, 0.4) is 0 Å². The van der Waals surface area contributed by atoms with Gasteiger partial charge in [0.2, 0.25) is 0 Å². The summed E-state index contributed by atoms with van der Waals surface area (Å²) in [5.41, 5.74) is 1.24. The fraction of sp³-hybridized carbons (Fsp3) is 0.727. The molecule has 16 heavy (non-hydrogen) atoms. The Kier molecular flexibility index (Phi) is 5.69. The Hall–Kier alpha value is -0.160. The highest BCUT2D eigenvalue weighted by Gasteiger charge is 2.18. The van der Waals surface area contributed by atoms with Gasteiger partial charge in [-0.25, -0.2) is 4.98 Å². The van der Waals surface area contributed by atoms with Gasteiger partial charge in [-0.05, 0) is 13.3 Å². The molecule has 1 aliphatic heterocycles. The molecule has 0 spiro atoms. The molecule has 1 aliphatic rings. The van der Waals surface area contributed by atoms with Crippen LogP contribution in [0, 0.1) is 0 Å². The van der Waals surface area contributed by atoms with Crippen molar-refractivity contribution in [3.05, 3.63) is 16.1 Å². The molecule has 1 aromatic heterocycles. The van der Waals surface area contributed by atoms with Crippen molar-refractivity contribution in [1.82, 2.24) is 15.2 Å². The van der Waals surface area contributed by atoms with Crippen LogP contribution in [0.5, 0.6) is 0 Å². The number of aromatic nitrogens is 1. The number of nitrogens with zero attached hydrogens (tertiary/aromatic N) is 2. The normalized spacial score (nSPS) is 21.8. The molecule has 1 atom stereocenters. The van der Waals surface area contributed by atoms with Crippen LogP contribution in [0.2, 0.25) is 0 Å². The van der Waals surface area contributed by atoms with E-state index in [2.05, 4.69) is 34.4 Å². The molecule has 0 amide bonds. The average Bonchev–Trinajstić information content (AvgIpc) is 2.69. The molecule has 3 nitrogen and oxygen atoms in total. The van der Waals surface area contributed by atoms with E-state index in [1.54, 1.807) is 11.3 Å². The molecule has 0 radical (unpaired) electrons. The van der Waals surface area contributed by atoms with E-state index in [1.165, 1.54) is 10.7 Å². The topological polar surface area (TPSA) is 28.2 Å². The van der Waals surface area contributed by atoms with Gasteiger partial charge in [0.1, 0.15) is 0 Å². The molecule has 0 aromatic carbocycles. The fourth-order valence-electron chi connectivity index (χ4n) is 1.91. The summed E-state index contributed by atoms with van der Waals surface area (Å²) in [5, 5.41) is 6.87. The van der Waals surface area contributed by atoms with Crippen molar-refractivity contribution in [1.29, 1.82) is 0 Å². The number of hydrogen-bond acceptors (Lipinski definition) is 4. The van der Waals surface area contributed by atoms with E-state index in [0.717, 1.165) is 32.6 Å². The van der Waals surface area contributed by atoms with Crippen molar-refractivity contribution in [3.63, 3.8) is 0 Å². The Bertz CT molecular complexity index is 316. The number of nitrogens with one attached hydrogen (secondary N) is 1. The average molecular weight is 262 g/mol. The molecule has 5 heteroatoms. The first-order valence-corrected chi connectivity index (χ1v) is 6.55. The first-order valence-electron chi connectivity index (χ1n) is 5.67. The summed E-state index contributed by atoms with van der Waals surface area (Å²) in [4.78, 5) is 7.12. The first-order chi connectivity index (χ1) is 7.29. The highest BCUT2D eigenvalue weighted by atomic mass is 35.5. The molecular formula is C11H20ClN3S. The zero-order chi connectivity index (χ0) is 10.7. The van der Waals surface area contributed by atoms with Crippen molar-refractivity contribution in [3.8, 4) is 0 Å². The second-order valence-electron chi connectivity index (χ2n) is 4.11. The first kappa shape index (κ1) is 13.9. The minimum Gasteiger partial charge on any atom is -0.314 e. The van der Waals surface area contributed by atoms with Crippen molar-refractivity contribution in [2.75, 3.05) is 19.6 Å². The number of thiazole rings is 1. The second-order valence-corrected chi connectivity index (χ2v) is 5.05. The Morgan fingerprint density at radius 1 is 1.62 bits per heavy atom. The third-order valence-electron chi connectivity index (χ3n) is 2.91. The summed E-state index contributed by atoms with van der Waals surface area (Å²) in [6, 6.07) is 0.630. The zero-order valence-corrected chi connectivity index (χ0v) is 11.5. The summed E-state index contributed by atoms with van der Waals surface area (Å²) in [7, 11) is 0. The largest absolute Gasteiger partial charge is 0.314 e. The second kappa shape index (κ2) is 6.55. The zero-order valence-electron chi connectivity index (χ0n) is 9.90. The van der Waals surface area contributed by atoms with Gasteiger partial charge in [-0.1, -0.05) is 6.92 Å². The molecule has 2 heterocycles. The SMILES string of the molecule is CCc1nc(CN2CCNC[C@@H]2C)cs1.Cl. The van der Waals surface area contributed by atoms with Crippen LogP contribution in [0.4, 0.5) is 0 Å². The molecule has 1 aromatic rings. The monoisotopic (exact) mass is 261 g/mol. The van der Waals surface area contributed by atoms with Crippen LogP contribution < -0.4 is 5.32 Å². The standard InChI is InChI=1S/C11H19N3S.ClH/c1-3-11-13-10(8-15-11)7-14-5-4-12-6-9(14)2;/h8-9,12H,3-7H2,1-2H3;1H/t9-;/m0./s1. The van der Waals surface area contributed by atoms with Gasteiger partial charge in [0.25, 0.3) is 0 Å². The lowest BCUT2D eigenvalue weighted by Crippen LogP contribution is -2.49. The number of aryl methyl sites for hydroxylation is 1. The number of piperazine rings is 1. The lowest BCUT2D eigenvalue weighted by atomic mass is 10.2. The van der Waals surface area contributed by atoms with Crippen LogP contribution in [0.25, 0.3) is 0 Å². The van der Waals surface area contributed by atoms with Crippen LogP contribution in [-0.2, 0) is 13.0 Å². The van der Waals surface area contributed by atoms with Crippen LogP contribution in [0.15, 0.2) is 5.38 Å². The van der Waals surface area contributed by atoms with E-state index >= 15 is 0 Å². The van der Waals surface area contributed by atoms with Crippen molar-refractivity contribution >= 4 is 23.7 Å². The van der Waals surface area contributed by atoms with E-state index in [-0.39, 0.29) is 12.4 Å². The summed E-state index contributed by atoms with van der Waals surface area (Å²) in [6.07, 6.45) is 1.06. The van der Waals surface area contributed by atoms with Gasteiger partial charge in [0, 0.05) is 37.6 Å². The quantitative estimate of drug-likeness (QED) is 0.901. The van der Waals surface area contributed by atoms with E-state index in [9.17, 15) is 0 Å². The summed E-state index contributed by atoms with van der Waals surface area (Å²) in [6.45, 7) is 8.80.